The number of rotatable bonds is 4. The van der Waals surface area contributed by atoms with Crippen molar-refractivity contribution < 1.29 is 4.90 Å². The number of hydrogen-bond donors (Lipinski definition) is 1. The summed E-state index contributed by atoms with van der Waals surface area (Å²) in [7, 11) is 0. The van der Waals surface area contributed by atoms with E-state index in [0.717, 1.165) is 29.4 Å². The van der Waals surface area contributed by atoms with E-state index >= 15 is 0 Å². The smallest absolute Gasteiger partial charge is 0.203 e. The third-order valence-electron chi connectivity index (χ3n) is 4.21. The van der Waals surface area contributed by atoms with Crippen molar-refractivity contribution in [2.24, 2.45) is 0 Å². The molecule has 1 fully saturated rings. The summed E-state index contributed by atoms with van der Waals surface area (Å²) in [4.78, 5) is 1.60. The molecule has 3 rings (SSSR count). The summed E-state index contributed by atoms with van der Waals surface area (Å²) >= 11 is 5.63. The maximum absolute atomic E-state index is 5.63. The van der Waals surface area contributed by atoms with Crippen LogP contribution in [0.15, 0.2) is 30.3 Å². The predicted octanol–water partition coefficient (Wildman–Crippen LogP) is 2.13. The van der Waals surface area contributed by atoms with Gasteiger partial charge in [-0.2, -0.15) is 4.68 Å². The molecule has 21 heavy (non-hydrogen) atoms. The van der Waals surface area contributed by atoms with Gasteiger partial charge in [0.2, 0.25) is 4.77 Å². The molecule has 0 bridgehead atoms. The lowest BCUT2D eigenvalue weighted by atomic mass is 10.1. The Morgan fingerprint density at radius 2 is 1.86 bits per heavy atom. The highest BCUT2D eigenvalue weighted by Gasteiger charge is 2.17. The van der Waals surface area contributed by atoms with Gasteiger partial charge in [-0.3, -0.25) is 0 Å². The Bertz CT molecular complexity index is 638. The predicted molar refractivity (Wildman–Crippen MR) is 86.7 cm³/mol. The van der Waals surface area contributed by atoms with Crippen molar-refractivity contribution in [3.8, 4) is 11.4 Å². The number of quaternary nitrogens is 1. The topological polar surface area (TPSA) is 27.2 Å². The van der Waals surface area contributed by atoms with E-state index in [1.165, 1.54) is 32.4 Å². The van der Waals surface area contributed by atoms with Crippen molar-refractivity contribution in [3.63, 3.8) is 0 Å². The van der Waals surface area contributed by atoms with Crippen LogP contribution in [0.4, 0.5) is 0 Å². The first-order valence-corrected chi connectivity index (χ1v) is 8.27. The summed E-state index contributed by atoms with van der Waals surface area (Å²) in [5.41, 5.74) is 1.14. The van der Waals surface area contributed by atoms with Crippen LogP contribution in [0.3, 0.4) is 0 Å². The maximum atomic E-state index is 5.63. The van der Waals surface area contributed by atoms with E-state index in [1.807, 2.05) is 22.9 Å². The molecule has 0 spiro atoms. The highest BCUT2D eigenvalue weighted by Crippen LogP contribution is 2.17. The highest BCUT2D eigenvalue weighted by molar-refractivity contribution is 7.71. The minimum Gasteiger partial charge on any atom is -0.316 e. The largest absolute Gasteiger partial charge is 0.316 e. The average Bonchev–Trinajstić information content (AvgIpc) is 2.85. The molecule has 0 aliphatic carbocycles. The van der Waals surface area contributed by atoms with Gasteiger partial charge in [-0.1, -0.05) is 30.3 Å². The van der Waals surface area contributed by atoms with Gasteiger partial charge >= 0.3 is 0 Å². The molecule has 1 aromatic heterocycles. The van der Waals surface area contributed by atoms with Crippen LogP contribution in [0, 0.1) is 4.77 Å². The second kappa shape index (κ2) is 6.54. The zero-order chi connectivity index (χ0) is 14.7. The van der Waals surface area contributed by atoms with E-state index in [-0.39, 0.29) is 0 Å². The van der Waals surface area contributed by atoms with Crippen molar-refractivity contribution in [2.75, 3.05) is 13.1 Å². The van der Waals surface area contributed by atoms with Crippen molar-refractivity contribution >= 4 is 12.2 Å². The lowest BCUT2D eigenvalue weighted by Crippen LogP contribution is -3.12. The molecule has 2 heterocycles. The SMILES string of the molecule is CCn1c(-c2ccccc2)nn(C[NH+]2CCCCC2)c1=S. The molecule has 1 N–H and O–H groups in total. The molecule has 0 saturated carbocycles. The number of likely N-dealkylation sites (tertiary alicyclic amines) is 1. The number of nitrogens with one attached hydrogen (secondary N) is 1. The third-order valence-corrected chi connectivity index (χ3v) is 4.64. The van der Waals surface area contributed by atoms with Gasteiger partial charge in [-0.25, -0.2) is 0 Å². The molecule has 0 atom stereocenters. The quantitative estimate of drug-likeness (QED) is 0.876. The first-order chi connectivity index (χ1) is 10.3. The molecule has 4 nitrogen and oxygen atoms in total. The van der Waals surface area contributed by atoms with Gasteiger partial charge in [0.1, 0.15) is 0 Å². The van der Waals surface area contributed by atoms with Crippen molar-refractivity contribution in [2.45, 2.75) is 39.4 Å². The fourth-order valence-electron chi connectivity index (χ4n) is 3.05. The van der Waals surface area contributed by atoms with E-state index < -0.39 is 0 Å². The van der Waals surface area contributed by atoms with Crippen LogP contribution in [-0.4, -0.2) is 27.4 Å². The molecule has 1 aliphatic heterocycles. The highest BCUT2D eigenvalue weighted by atomic mass is 32.1. The first-order valence-electron chi connectivity index (χ1n) is 7.86. The van der Waals surface area contributed by atoms with Crippen LogP contribution >= 0.6 is 12.2 Å². The molecule has 0 radical (unpaired) electrons. The zero-order valence-corrected chi connectivity index (χ0v) is 13.4. The lowest BCUT2D eigenvalue weighted by molar-refractivity contribution is -0.928. The molecule has 1 saturated heterocycles. The van der Waals surface area contributed by atoms with Crippen molar-refractivity contribution in [3.05, 3.63) is 35.1 Å². The van der Waals surface area contributed by atoms with Gasteiger partial charge in [0.05, 0.1) is 13.1 Å². The van der Waals surface area contributed by atoms with Crippen LogP contribution in [0.25, 0.3) is 11.4 Å². The fraction of sp³-hybridized carbons (Fsp3) is 0.500. The summed E-state index contributed by atoms with van der Waals surface area (Å²) < 4.78 is 4.99. The van der Waals surface area contributed by atoms with Gasteiger partial charge in [0.25, 0.3) is 0 Å². The number of hydrogen-bond acceptors (Lipinski definition) is 2. The van der Waals surface area contributed by atoms with E-state index in [4.69, 9.17) is 17.3 Å². The second-order valence-electron chi connectivity index (χ2n) is 5.68. The Morgan fingerprint density at radius 3 is 2.52 bits per heavy atom. The molecule has 112 valence electrons. The normalized spacial score (nSPS) is 16.2. The van der Waals surface area contributed by atoms with Crippen LogP contribution in [-0.2, 0) is 13.2 Å². The van der Waals surface area contributed by atoms with E-state index in [0.29, 0.717) is 0 Å². The zero-order valence-electron chi connectivity index (χ0n) is 12.6. The van der Waals surface area contributed by atoms with Crippen LogP contribution in [0.2, 0.25) is 0 Å². The molecular weight excluding hydrogens is 280 g/mol. The van der Waals surface area contributed by atoms with Gasteiger partial charge in [-0.15, -0.1) is 5.10 Å². The fourth-order valence-corrected chi connectivity index (χ4v) is 3.37. The number of piperidine rings is 1. The monoisotopic (exact) mass is 303 g/mol. The summed E-state index contributed by atoms with van der Waals surface area (Å²) in [5, 5.41) is 4.80. The van der Waals surface area contributed by atoms with Gasteiger partial charge < -0.3 is 9.47 Å². The van der Waals surface area contributed by atoms with Gasteiger partial charge in [0, 0.05) is 12.1 Å². The minimum atomic E-state index is 0.842. The van der Waals surface area contributed by atoms with E-state index in [1.54, 1.807) is 4.90 Å². The van der Waals surface area contributed by atoms with Crippen LogP contribution in [0.1, 0.15) is 26.2 Å². The second-order valence-corrected chi connectivity index (χ2v) is 6.05. The van der Waals surface area contributed by atoms with Crippen LogP contribution in [0.5, 0.6) is 0 Å². The molecule has 0 unspecified atom stereocenters. The Balaban J connectivity index is 1.92. The maximum Gasteiger partial charge on any atom is 0.203 e. The molecule has 1 aromatic carbocycles. The first kappa shape index (κ1) is 14.5. The Hall–Kier alpha value is -1.46. The van der Waals surface area contributed by atoms with Crippen molar-refractivity contribution in [1.82, 2.24) is 14.3 Å². The van der Waals surface area contributed by atoms with Gasteiger partial charge in [0.15, 0.2) is 12.5 Å². The molecular formula is C16H23N4S+. The summed E-state index contributed by atoms with van der Waals surface area (Å²) in [6, 6.07) is 10.3. The van der Waals surface area contributed by atoms with Crippen LogP contribution < -0.4 is 4.90 Å². The minimum absolute atomic E-state index is 0.842. The number of benzene rings is 1. The van der Waals surface area contributed by atoms with Crippen molar-refractivity contribution in [1.29, 1.82) is 0 Å². The molecule has 2 aromatic rings. The Kier molecular flexibility index (Phi) is 4.51. The average molecular weight is 303 g/mol. The number of aromatic nitrogens is 3. The third kappa shape index (κ3) is 3.09. The van der Waals surface area contributed by atoms with Gasteiger partial charge in [-0.05, 0) is 38.4 Å². The summed E-state index contributed by atoms with van der Waals surface area (Å²) in [6.07, 6.45) is 4.01. The standard InChI is InChI=1S/C16H22N4S/c1-2-19-15(14-9-5-3-6-10-14)17-20(16(19)21)13-18-11-7-4-8-12-18/h3,5-6,9-10H,2,4,7-8,11-13H2,1H3/p+1. The number of nitrogens with zero attached hydrogens (tertiary/aromatic N) is 3. The molecule has 0 amide bonds. The van der Waals surface area contributed by atoms with E-state index in [2.05, 4.69) is 23.6 Å². The molecule has 5 heteroatoms. The Labute approximate surface area is 131 Å². The lowest BCUT2D eigenvalue weighted by Gasteiger charge is -2.22. The summed E-state index contributed by atoms with van der Waals surface area (Å²) in [6.45, 7) is 6.36. The molecule has 1 aliphatic rings. The summed E-state index contributed by atoms with van der Waals surface area (Å²) in [5.74, 6) is 0.986. The Morgan fingerprint density at radius 1 is 1.14 bits per heavy atom. The van der Waals surface area contributed by atoms with E-state index in [9.17, 15) is 0 Å².